The van der Waals surface area contributed by atoms with E-state index in [1.807, 2.05) is 19.9 Å². The highest BCUT2D eigenvalue weighted by molar-refractivity contribution is 5.98. The van der Waals surface area contributed by atoms with E-state index in [9.17, 15) is 19.2 Å². The van der Waals surface area contributed by atoms with Crippen molar-refractivity contribution in [3.63, 3.8) is 0 Å². The predicted molar refractivity (Wildman–Crippen MR) is 124 cm³/mol. The average molecular weight is 456 g/mol. The van der Waals surface area contributed by atoms with Crippen molar-refractivity contribution in [2.24, 2.45) is 5.92 Å². The van der Waals surface area contributed by atoms with Gasteiger partial charge in [0.25, 0.3) is 0 Å². The van der Waals surface area contributed by atoms with E-state index < -0.39 is 18.0 Å². The molecule has 2 atom stereocenters. The number of aromatic nitrogens is 4. The molecule has 1 saturated carbocycles. The fourth-order valence-electron chi connectivity index (χ4n) is 4.11. The number of aryl methyl sites for hydroxylation is 1. The quantitative estimate of drug-likeness (QED) is 0.430. The second-order valence-electron chi connectivity index (χ2n) is 8.51. The molecule has 5 rings (SSSR count). The van der Waals surface area contributed by atoms with Gasteiger partial charge in [0, 0.05) is 41.4 Å². The van der Waals surface area contributed by atoms with Crippen LogP contribution in [0.5, 0.6) is 0 Å². The Balaban J connectivity index is 1.63. The molecule has 9 heteroatoms. The molecule has 1 aliphatic rings. The summed E-state index contributed by atoms with van der Waals surface area (Å²) in [6.45, 7) is 3.85. The molecule has 1 N–H and O–H groups in total. The second kappa shape index (κ2) is 8.30. The van der Waals surface area contributed by atoms with Gasteiger partial charge in [-0.2, -0.15) is 5.26 Å². The Kier molecular flexibility index (Phi) is 5.28. The SMILES string of the molecule is CCCC(=O)c1cc(C)c(-c2cc3cnc(NC(=O)[C@H]4CC4F)cc3n3c(C#N)cnc23)cn1. The molecule has 4 aromatic rings. The summed E-state index contributed by atoms with van der Waals surface area (Å²) in [6, 6.07) is 7.47. The maximum atomic E-state index is 13.2. The van der Waals surface area contributed by atoms with Gasteiger partial charge >= 0.3 is 0 Å². The minimum Gasteiger partial charge on any atom is -0.310 e. The lowest BCUT2D eigenvalue weighted by atomic mass is 10.0. The van der Waals surface area contributed by atoms with E-state index in [1.54, 1.807) is 28.9 Å². The topological polar surface area (TPSA) is 113 Å². The minimum atomic E-state index is -1.10. The lowest BCUT2D eigenvalue weighted by molar-refractivity contribution is -0.117. The summed E-state index contributed by atoms with van der Waals surface area (Å²) in [4.78, 5) is 37.6. The molecule has 0 aromatic carbocycles. The van der Waals surface area contributed by atoms with Crippen molar-refractivity contribution in [1.82, 2.24) is 19.4 Å². The number of rotatable bonds is 6. The predicted octanol–water partition coefficient (Wildman–Crippen LogP) is 4.40. The van der Waals surface area contributed by atoms with Crippen LogP contribution in [0.15, 0.2) is 36.8 Å². The van der Waals surface area contributed by atoms with Crippen LogP contribution in [0, 0.1) is 24.2 Å². The Bertz CT molecular complexity index is 1520. The molecule has 0 bridgehead atoms. The number of anilines is 1. The van der Waals surface area contributed by atoms with Gasteiger partial charge in [0.1, 0.15) is 35.1 Å². The van der Waals surface area contributed by atoms with Crippen molar-refractivity contribution < 1.29 is 14.0 Å². The molecule has 1 unspecified atom stereocenters. The maximum Gasteiger partial charge on any atom is 0.231 e. The van der Waals surface area contributed by atoms with Crippen molar-refractivity contribution in [2.45, 2.75) is 39.3 Å². The number of nitrogens with zero attached hydrogens (tertiary/aromatic N) is 5. The molecule has 170 valence electrons. The number of hydrogen-bond acceptors (Lipinski definition) is 6. The van der Waals surface area contributed by atoms with Crippen LogP contribution >= 0.6 is 0 Å². The standard InChI is InChI=1S/C25H21FN6O2/c1-3-4-22(33)20-5-13(2)18(12-28-20)16-6-14-10-29-23(31-25(34)17-7-19(17)26)8-21(14)32-15(9-27)11-30-24(16)32/h5-6,8,10-12,17,19H,3-4,7H2,1-2H3,(H,29,31,34)/t17-,19?/m0/s1. The number of Topliss-reactive ketones (excluding diaryl/α,β-unsaturated/α-hetero) is 1. The van der Waals surface area contributed by atoms with Gasteiger partial charge in [-0.05, 0) is 37.5 Å². The summed E-state index contributed by atoms with van der Waals surface area (Å²) in [7, 11) is 0. The Hall–Kier alpha value is -4.19. The van der Waals surface area contributed by atoms with Crippen LogP contribution in [-0.4, -0.2) is 37.2 Å². The zero-order chi connectivity index (χ0) is 24.0. The molecule has 0 spiro atoms. The summed E-state index contributed by atoms with van der Waals surface area (Å²) in [5.74, 6) is -0.763. The maximum absolute atomic E-state index is 13.2. The Labute approximate surface area is 194 Å². The highest BCUT2D eigenvalue weighted by atomic mass is 19.1. The van der Waals surface area contributed by atoms with Gasteiger partial charge in [0.15, 0.2) is 5.78 Å². The second-order valence-corrected chi connectivity index (χ2v) is 8.51. The Morgan fingerprint density at radius 3 is 2.65 bits per heavy atom. The number of imidazole rings is 1. The van der Waals surface area contributed by atoms with Gasteiger partial charge in [-0.1, -0.05) is 6.92 Å². The number of fused-ring (bicyclic) bond motifs is 3. The fraction of sp³-hybridized carbons (Fsp3) is 0.280. The van der Waals surface area contributed by atoms with Crippen LogP contribution in [0.1, 0.15) is 47.9 Å². The minimum absolute atomic E-state index is 0.00237. The van der Waals surface area contributed by atoms with E-state index in [-0.39, 0.29) is 18.0 Å². The molecule has 4 aromatic heterocycles. The van der Waals surface area contributed by atoms with Crippen LogP contribution in [0.25, 0.3) is 27.7 Å². The van der Waals surface area contributed by atoms with Crippen LogP contribution in [0.2, 0.25) is 0 Å². The number of carbonyl (C=O) groups is 2. The largest absolute Gasteiger partial charge is 0.310 e. The molecule has 4 heterocycles. The normalized spacial score (nSPS) is 17.0. The van der Waals surface area contributed by atoms with E-state index in [2.05, 4.69) is 26.3 Å². The van der Waals surface area contributed by atoms with Crippen molar-refractivity contribution in [3.05, 3.63) is 53.7 Å². The van der Waals surface area contributed by atoms with Gasteiger partial charge in [-0.15, -0.1) is 0 Å². The number of alkyl halides is 1. The first-order valence-corrected chi connectivity index (χ1v) is 11.1. The number of nitrogens with one attached hydrogen (secondary N) is 1. The zero-order valence-corrected chi connectivity index (χ0v) is 18.7. The number of amides is 1. The Morgan fingerprint density at radius 1 is 1.18 bits per heavy atom. The van der Waals surface area contributed by atoms with Crippen LogP contribution in [0.4, 0.5) is 10.2 Å². The van der Waals surface area contributed by atoms with Crippen molar-refractivity contribution in [2.75, 3.05) is 5.32 Å². The van der Waals surface area contributed by atoms with E-state index in [0.29, 0.717) is 29.0 Å². The number of hydrogen-bond donors (Lipinski definition) is 1. The third-order valence-corrected chi connectivity index (χ3v) is 6.03. The number of ketones is 1. The highest BCUT2D eigenvalue weighted by Crippen LogP contribution is 2.35. The third kappa shape index (κ3) is 3.67. The number of nitriles is 1. The smallest absolute Gasteiger partial charge is 0.231 e. The lowest BCUT2D eigenvalue weighted by Gasteiger charge is -2.13. The van der Waals surface area contributed by atoms with E-state index in [4.69, 9.17) is 0 Å². The fourth-order valence-corrected chi connectivity index (χ4v) is 4.11. The van der Waals surface area contributed by atoms with E-state index >= 15 is 0 Å². The number of pyridine rings is 3. The first kappa shape index (κ1) is 21.6. The highest BCUT2D eigenvalue weighted by Gasteiger charge is 2.43. The van der Waals surface area contributed by atoms with E-state index in [0.717, 1.165) is 28.5 Å². The Morgan fingerprint density at radius 2 is 1.97 bits per heavy atom. The summed E-state index contributed by atoms with van der Waals surface area (Å²) in [6.07, 6.45) is 5.05. The van der Waals surface area contributed by atoms with Crippen LogP contribution < -0.4 is 5.32 Å². The monoisotopic (exact) mass is 456 g/mol. The summed E-state index contributed by atoms with van der Waals surface area (Å²) >= 11 is 0. The molecule has 1 aliphatic carbocycles. The summed E-state index contributed by atoms with van der Waals surface area (Å²) in [5, 5.41) is 13.1. The molecule has 0 radical (unpaired) electrons. The molecule has 0 aliphatic heterocycles. The van der Waals surface area contributed by atoms with Crippen molar-refractivity contribution in [1.29, 1.82) is 5.26 Å². The molecule has 0 saturated heterocycles. The van der Waals surface area contributed by atoms with Crippen LogP contribution in [-0.2, 0) is 4.79 Å². The number of carbonyl (C=O) groups excluding carboxylic acids is 2. The molecular formula is C25H21FN6O2. The van der Waals surface area contributed by atoms with Crippen molar-refractivity contribution >= 4 is 34.1 Å². The first-order chi connectivity index (χ1) is 16.4. The average Bonchev–Trinajstić information content (AvgIpc) is 3.40. The molecule has 34 heavy (non-hydrogen) atoms. The van der Waals surface area contributed by atoms with Crippen LogP contribution in [0.3, 0.4) is 0 Å². The van der Waals surface area contributed by atoms with Gasteiger partial charge in [-0.3, -0.25) is 19.0 Å². The van der Waals surface area contributed by atoms with Gasteiger partial charge < -0.3 is 5.32 Å². The van der Waals surface area contributed by atoms with Gasteiger partial charge in [0.2, 0.25) is 5.91 Å². The molecule has 1 fully saturated rings. The summed E-state index contributed by atoms with van der Waals surface area (Å²) in [5.41, 5.74) is 4.30. The number of halogens is 1. The van der Waals surface area contributed by atoms with Crippen molar-refractivity contribution in [3.8, 4) is 17.2 Å². The van der Waals surface area contributed by atoms with Gasteiger partial charge in [-0.25, -0.2) is 14.4 Å². The molecule has 8 nitrogen and oxygen atoms in total. The van der Waals surface area contributed by atoms with E-state index in [1.165, 1.54) is 6.20 Å². The summed E-state index contributed by atoms with van der Waals surface area (Å²) < 4.78 is 14.9. The zero-order valence-electron chi connectivity index (χ0n) is 18.7. The molecule has 1 amide bonds. The first-order valence-electron chi connectivity index (χ1n) is 11.1. The lowest BCUT2D eigenvalue weighted by Crippen LogP contribution is -2.16. The molecular weight excluding hydrogens is 435 g/mol. The van der Waals surface area contributed by atoms with Gasteiger partial charge in [0.05, 0.1) is 17.6 Å². The third-order valence-electron chi connectivity index (χ3n) is 6.03.